The first-order chi connectivity index (χ1) is 44.6. The summed E-state index contributed by atoms with van der Waals surface area (Å²) in [4.78, 5) is 88.2. The van der Waals surface area contributed by atoms with Gasteiger partial charge in [0.25, 0.3) is 0 Å². The van der Waals surface area contributed by atoms with Crippen LogP contribution in [0.15, 0.2) is 12.1 Å². The number of nitrogens with zero attached hydrogens (tertiary/aromatic N) is 10. The number of nitrogens with two attached hydrogens (primary N) is 2. The molecule has 8 rings (SSSR count). The second kappa shape index (κ2) is 41.2. The molecule has 25 nitrogen and oxygen atoms in total. The van der Waals surface area contributed by atoms with Crippen LogP contribution in [-0.4, -0.2) is 226 Å². The Labute approximate surface area is 570 Å². The van der Waals surface area contributed by atoms with Crippen LogP contribution >= 0.6 is 0 Å². The van der Waals surface area contributed by atoms with Gasteiger partial charge in [-0.25, -0.2) is 9.59 Å². The molecule has 0 aromatic carbocycles. The minimum Gasteiger partial charge on any atom is -0.481 e. The van der Waals surface area contributed by atoms with Crippen molar-refractivity contribution in [1.82, 2.24) is 50.2 Å². The molecule has 4 saturated carbocycles. The molecule has 548 valence electrons. The highest BCUT2D eigenvalue weighted by molar-refractivity contribution is 5.69. The van der Waals surface area contributed by atoms with Crippen molar-refractivity contribution in [3.8, 4) is 0 Å². The first-order valence-corrected chi connectivity index (χ1v) is 34.8. The van der Waals surface area contributed by atoms with E-state index in [9.17, 15) is 32.3 Å². The number of aldehydes is 1. The maximum absolute atomic E-state index is 13.4. The van der Waals surface area contributed by atoms with E-state index in [1.165, 1.54) is 57.8 Å². The molecule has 2 saturated heterocycles. The van der Waals surface area contributed by atoms with E-state index in [-0.39, 0.29) is 52.0 Å². The lowest BCUT2D eigenvalue weighted by atomic mass is 9.85. The number of carboxylic acid groups (broad SMARTS) is 2. The molecule has 2 aliphatic heterocycles. The molecule has 2 aromatic rings. The Morgan fingerprint density at radius 1 is 0.583 bits per heavy atom. The van der Waals surface area contributed by atoms with Crippen LogP contribution in [0, 0.1) is 11.8 Å². The number of amides is 2. The fourth-order valence-electron chi connectivity index (χ4n) is 13.2. The Bertz CT molecular complexity index is 2590. The zero-order valence-electron chi connectivity index (χ0n) is 57.1. The van der Waals surface area contributed by atoms with Crippen LogP contribution in [0.3, 0.4) is 0 Å². The van der Waals surface area contributed by atoms with Gasteiger partial charge in [0.05, 0.1) is 12.8 Å². The van der Waals surface area contributed by atoms with E-state index in [0.717, 1.165) is 160 Å². The SMILES string of the molecule is C.C.CC(C)(C)OC(=O)N(CCCN(C(=O)OC(C)(C)C)C1CCCCC1)CC1CCC(Nc2nc(N)cc(N3CCN(CCC(=O)O)CC3)n2)CC1.Nc1cc(N2CCN(CCC(=O)O)CC2)nc(NC2CCC(CNCCCNC3CCCCC3)CC2)n1.O=CC(F)(F)F. The third-order valence-electron chi connectivity index (χ3n) is 18.2. The summed E-state index contributed by atoms with van der Waals surface area (Å²) in [6, 6.07) is 5.15. The summed E-state index contributed by atoms with van der Waals surface area (Å²) >= 11 is 0. The van der Waals surface area contributed by atoms with E-state index in [2.05, 4.69) is 50.8 Å². The molecule has 28 heteroatoms. The summed E-state index contributed by atoms with van der Waals surface area (Å²) in [7, 11) is 0. The predicted octanol–water partition coefficient (Wildman–Crippen LogP) is 10.4. The van der Waals surface area contributed by atoms with E-state index in [1.807, 2.05) is 57.4 Å². The molecule has 6 fully saturated rings. The van der Waals surface area contributed by atoms with Gasteiger partial charge in [0.2, 0.25) is 18.2 Å². The molecule has 0 bridgehead atoms. The Morgan fingerprint density at radius 3 is 1.46 bits per heavy atom. The molecular formula is C68H121F3N16O9. The number of anilines is 6. The average Bonchev–Trinajstić information content (AvgIpc) is 0.943. The molecule has 0 unspecified atom stereocenters. The van der Waals surface area contributed by atoms with Crippen LogP contribution < -0.4 is 42.5 Å². The number of nitrogens with one attached hydrogen (secondary N) is 4. The van der Waals surface area contributed by atoms with Crippen molar-refractivity contribution >= 4 is 65.6 Å². The lowest BCUT2D eigenvalue weighted by Gasteiger charge is -2.37. The molecule has 0 atom stereocenters. The van der Waals surface area contributed by atoms with Crippen molar-refractivity contribution in [2.75, 3.05) is 137 Å². The maximum atomic E-state index is 13.4. The van der Waals surface area contributed by atoms with Crippen LogP contribution in [0.1, 0.15) is 198 Å². The van der Waals surface area contributed by atoms with Crippen LogP contribution in [0.4, 0.5) is 57.9 Å². The number of piperazine rings is 2. The van der Waals surface area contributed by atoms with Crippen LogP contribution in [0.25, 0.3) is 0 Å². The Hall–Kier alpha value is -6.26. The number of nitrogen functional groups attached to an aromatic ring is 2. The molecule has 0 radical (unpaired) electrons. The first kappa shape index (κ1) is 82.2. The molecule has 2 aromatic heterocycles. The van der Waals surface area contributed by atoms with E-state index in [4.69, 9.17) is 45.9 Å². The third kappa shape index (κ3) is 32.0. The fraction of sp³-hybridized carbons (Fsp3) is 0.809. The van der Waals surface area contributed by atoms with Gasteiger partial charge in [0.1, 0.15) is 34.5 Å². The zero-order chi connectivity index (χ0) is 68.3. The van der Waals surface area contributed by atoms with Gasteiger partial charge in [-0.3, -0.25) is 24.2 Å². The molecule has 4 heterocycles. The Kier molecular flexibility index (Phi) is 35.3. The van der Waals surface area contributed by atoms with E-state index in [0.29, 0.717) is 74.6 Å². The number of halogens is 3. The van der Waals surface area contributed by atoms with Crippen molar-refractivity contribution < 1.29 is 56.8 Å². The van der Waals surface area contributed by atoms with Crippen molar-refractivity contribution in [3.63, 3.8) is 0 Å². The Morgan fingerprint density at radius 2 is 1.02 bits per heavy atom. The molecule has 2 amide bonds. The van der Waals surface area contributed by atoms with Crippen molar-refractivity contribution in [1.29, 1.82) is 0 Å². The van der Waals surface area contributed by atoms with Gasteiger partial charge in [-0.05, 0) is 163 Å². The van der Waals surface area contributed by atoms with Crippen LogP contribution in [-0.2, 0) is 23.9 Å². The third-order valence-corrected chi connectivity index (χ3v) is 18.2. The molecule has 4 aliphatic carbocycles. The molecule has 96 heavy (non-hydrogen) atoms. The zero-order valence-corrected chi connectivity index (χ0v) is 57.1. The second-order valence-corrected chi connectivity index (χ2v) is 28.4. The normalized spacial score (nSPS) is 20.9. The lowest BCUT2D eigenvalue weighted by Crippen LogP contribution is -2.47. The van der Waals surface area contributed by atoms with E-state index in [1.54, 1.807) is 6.07 Å². The monoisotopic (exact) mass is 1360 g/mol. The number of carbonyl (C=O) groups is 5. The van der Waals surface area contributed by atoms with Crippen molar-refractivity contribution in [2.24, 2.45) is 11.8 Å². The maximum Gasteiger partial charge on any atom is 0.446 e. The van der Waals surface area contributed by atoms with E-state index >= 15 is 0 Å². The number of hydrogen-bond acceptors (Lipinski definition) is 21. The predicted molar refractivity (Wildman–Crippen MR) is 374 cm³/mol. The summed E-state index contributed by atoms with van der Waals surface area (Å²) in [5.41, 5.74) is 11.2. The summed E-state index contributed by atoms with van der Waals surface area (Å²) in [6.45, 7) is 23.8. The van der Waals surface area contributed by atoms with E-state index < -0.39 is 35.6 Å². The minimum absolute atomic E-state index is 0. The highest BCUT2D eigenvalue weighted by Gasteiger charge is 2.33. The minimum atomic E-state index is -4.64. The molecule has 6 aliphatic rings. The van der Waals surface area contributed by atoms with Gasteiger partial charge in [-0.1, -0.05) is 53.4 Å². The largest absolute Gasteiger partial charge is 0.481 e. The molecule has 10 N–H and O–H groups in total. The van der Waals surface area contributed by atoms with Crippen LogP contribution in [0.2, 0.25) is 0 Å². The number of carbonyl (C=O) groups excluding carboxylic acids is 3. The van der Waals surface area contributed by atoms with Crippen molar-refractivity contribution in [2.45, 2.75) is 239 Å². The van der Waals surface area contributed by atoms with Gasteiger partial charge in [-0.2, -0.15) is 33.1 Å². The molecule has 0 spiro atoms. The van der Waals surface area contributed by atoms with Gasteiger partial charge in [0, 0.05) is 121 Å². The van der Waals surface area contributed by atoms with Crippen LogP contribution in [0.5, 0.6) is 0 Å². The number of alkyl halides is 3. The van der Waals surface area contributed by atoms with Gasteiger partial charge in [0.15, 0.2) is 0 Å². The number of carboxylic acids is 2. The quantitative estimate of drug-likeness (QED) is 0.0321. The van der Waals surface area contributed by atoms with Gasteiger partial charge >= 0.3 is 30.3 Å². The van der Waals surface area contributed by atoms with Gasteiger partial charge < -0.3 is 72.0 Å². The summed E-state index contributed by atoms with van der Waals surface area (Å²) < 4.78 is 42.9. The fourth-order valence-corrected chi connectivity index (χ4v) is 13.2. The lowest BCUT2D eigenvalue weighted by molar-refractivity contribution is -0.156. The summed E-state index contributed by atoms with van der Waals surface area (Å²) in [5.74, 6) is 3.21. The van der Waals surface area contributed by atoms with Crippen molar-refractivity contribution in [3.05, 3.63) is 12.1 Å². The number of hydrogen-bond donors (Lipinski definition) is 8. The average molecular weight is 1360 g/mol. The second-order valence-electron chi connectivity index (χ2n) is 28.4. The standard InChI is InChI=1S/C37H64N8O6.C27H48N8O2.C2HF3O.2CH4/c1-36(2,3)50-34(48)44(18-10-19-45(29-11-8-7-9-12-29)35(49)51-37(4,5)6)26-27-13-15-28(16-14-27)39-33-40-30(38)25-31(41-33)43-23-21-42(22-24-43)20-17-32(46)47;28-24-19-25(35-17-15-34(16-18-35)14-11-26(36)37)33-27(32-24)31-23-9-7-21(8-10-23)20-29-12-4-13-30-22-5-2-1-3-6-22;3-2(4,5)1-6;;/h25,27-29H,7-24,26H2,1-6H3,(H,46,47)(H3,38,39,40,41);19,21-23,29-30H,1-18,20H2,(H,36,37)(H3,28,31,32,33);1H;2*1H4. The first-order valence-electron chi connectivity index (χ1n) is 34.8. The highest BCUT2D eigenvalue weighted by Crippen LogP contribution is 2.31. The number of ether oxygens (including phenoxy) is 2. The van der Waals surface area contributed by atoms with Gasteiger partial charge in [-0.15, -0.1) is 0 Å². The summed E-state index contributed by atoms with van der Waals surface area (Å²) in [5, 5.41) is 32.4. The number of aromatic nitrogens is 4. The molecular weight excluding hydrogens is 1240 g/mol. The summed E-state index contributed by atoms with van der Waals surface area (Å²) in [6.07, 6.45) is 16.7. The highest BCUT2D eigenvalue weighted by atomic mass is 19.4. The number of aliphatic carboxylic acids is 2. The number of rotatable bonds is 26. The Balaban J connectivity index is 0.000000383. The topological polar surface area (TPSA) is 315 Å². The smallest absolute Gasteiger partial charge is 0.446 e.